The van der Waals surface area contributed by atoms with Gasteiger partial charge in [-0.05, 0) is 24.1 Å². The molecule has 0 saturated heterocycles. The summed E-state index contributed by atoms with van der Waals surface area (Å²) < 4.78 is 9.68. The Hall–Kier alpha value is -1.88. The highest BCUT2D eigenvalue weighted by molar-refractivity contribution is 5.96. The van der Waals surface area contributed by atoms with E-state index in [1.165, 1.54) is 12.0 Å². The molecule has 5 nitrogen and oxygen atoms in total. The minimum atomic E-state index is -0.417. The van der Waals surface area contributed by atoms with E-state index in [-0.39, 0.29) is 12.5 Å². The lowest BCUT2D eigenvalue weighted by atomic mass is 10.1. The molecule has 110 valence electrons. The van der Waals surface area contributed by atoms with Gasteiger partial charge in [0, 0.05) is 19.2 Å². The second-order valence-corrected chi connectivity index (χ2v) is 4.44. The highest BCUT2D eigenvalue weighted by Gasteiger charge is 2.18. The number of rotatable bonds is 7. The monoisotopic (exact) mass is 279 g/mol. The first-order chi connectivity index (χ1) is 9.62. The lowest BCUT2D eigenvalue weighted by molar-refractivity contribution is -0.141. The van der Waals surface area contributed by atoms with Gasteiger partial charge < -0.3 is 14.4 Å². The molecule has 0 aromatic heterocycles. The van der Waals surface area contributed by atoms with E-state index in [0.29, 0.717) is 18.7 Å². The molecule has 1 aromatic rings. The van der Waals surface area contributed by atoms with Gasteiger partial charge in [-0.3, -0.25) is 9.59 Å². The Balaban J connectivity index is 2.87. The Morgan fingerprint density at radius 2 is 2.00 bits per heavy atom. The SMILES string of the molecule is CCCN(CC(=O)OC)C(=O)c1cccc(COC)c1. The fourth-order valence-electron chi connectivity index (χ4n) is 1.89. The Labute approximate surface area is 119 Å². The Kier molecular flexibility index (Phi) is 6.73. The molecule has 0 aliphatic heterocycles. The third kappa shape index (κ3) is 4.66. The van der Waals surface area contributed by atoms with Gasteiger partial charge in [-0.1, -0.05) is 19.1 Å². The van der Waals surface area contributed by atoms with Gasteiger partial charge in [0.15, 0.2) is 0 Å². The molecule has 20 heavy (non-hydrogen) atoms. The first-order valence-corrected chi connectivity index (χ1v) is 6.56. The van der Waals surface area contributed by atoms with E-state index in [2.05, 4.69) is 4.74 Å². The molecular weight excluding hydrogens is 258 g/mol. The van der Waals surface area contributed by atoms with Gasteiger partial charge in [0.05, 0.1) is 13.7 Å². The van der Waals surface area contributed by atoms with E-state index < -0.39 is 5.97 Å². The zero-order valence-corrected chi connectivity index (χ0v) is 12.2. The highest BCUT2D eigenvalue weighted by atomic mass is 16.5. The summed E-state index contributed by atoms with van der Waals surface area (Å²) in [5.74, 6) is -0.588. The van der Waals surface area contributed by atoms with Crippen LogP contribution in [0.1, 0.15) is 29.3 Å². The van der Waals surface area contributed by atoms with Crippen LogP contribution in [0.3, 0.4) is 0 Å². The molecular formula is C15H21NO4. The van der Waals surface area contributed by atoms with Gasteiger partial charge in [-0.25, -0.2) is 0 Å². The van der Waals surface area contributed by atoms with Crippen molar-refractivity contribution in [2.24, 2.45) is 0 Å². The minimum Gasteiger partial charge on any atom is -0.468 e. The van der Waals surface area contributed by atoms with Crippen LogP contribution in [0, 0.1) is 0 Å². The minimum absolute atomic E-state index is 0.0301. The van der Waals surface area contributed by atoms with Gasteiger partial charge in [0.25, 0.3) is 5.91 Å². The molecule has 1 amide bonds. The second-order valence-electron chi connectivity index (χ2n) is 4.44. The molecule has 0 N–H and O–H groups in total. The summed E-state index contributed by atoms with van der Waals surface area (Å²) >= 11 is 0. The number of hydrogen-bond acceptors (Lipinski definition) is 4. The zero-order chi connectivity index (χ0) is 15.0. The number of hydrogen-bond donors (Lipinski definition) is 0. The quantitative estimate of drug-likeness (QED) is 0.715. The Morgan fingerprint density at radius 3 is 2.60 bits per heavy atom. The predicted octanol–water partition coefficient (Wildman–Crippen LogP) is 1.86. The molecule has 0 aliphatic rings. The van der Waals surface area contributed by atoms with Gasteiger partial charge in [0.1, 0.15) is 6.54 Å². The smallest absolute Gasteiger partial charge is 0.325 e. The van der Waals surface area contributed by atoms with Crippen molar-refractivity contribution in [2.45, 2.75) is 20.0 Å². The average Bonchev–Trinajstić information content (AvgIpc) is 2.46. The molecule has 0 saturated carbocycles. The largest absolute Gasteiger partial charge is 0.468 e. The van der Waals surface area contributed by atoms with Crippen LogP contribution in [-0.2, 0) is 20.9 Å². The Bertz CT molecular complexity index is 459. The maximum absolute atomic E-state index is 12.4. The van der Waals surface area contributed by atoms with E-state index in [0.717, 1.165) is 12.0 Å². The summed E-state index contributed by atoms with van der Waals surface area (Å²) in [6, 6.07) is 7.22. The first kappa shape index (κ1) is 16.2. The molecule has 0 fully saturated rings. The summed E-state index contributed by atoms with van der Waals surface area (Å²) in [6.07, 6.45) is 0.778. The normalized spacial score (nSPS) is 10.2. The van der Waals surface area contributed by atoms with E-state index in [1.54, 1.807) is 19.2 Å². The second kappa shape index (κ2) is 8.32. The van der Waals surface area contributed by atoms with Crippen LogP contribution in [0.2, 0.25) is 0 Å². The summed E-state index contributed by atoms with van der Waals surface area (Å²) in [5.41, 5.74) is 1.48. The van der Waals surface area contributed by atoms with E-state index in [1.807, 2.05) is 19.1 Å². The topological polar surface area (TPSA) is 55.8 Å². The third-order valence-electron chi connectivity index (χ3n) is 2.81. The third-order valence-corrected chi connectivity index (χ3v) is 2.81. The van der Waals surface area contributed by atoms with Crippen LogP contribution in [0.25, 0.3) is 0 Å². The van der Waals surface area contributed by atoms with E-state index >= 15 is 0 Å². The van der Waals surface area contributed by atoms with Gasteiger partial charge in [-0.15, -0.1) is 0 Å². The van der Waals surface area contributed by atoms with Crippen molar-refractivity contribution in [3.05, 3.63) is 35.4 Å². The molecule has 0 atom stereocenters. The molecule has 1 rings (SSSR count). The lowest BCUT2D eigenvalue weighted by Gasteiger charge is -2.21. The van der Waals surface area contributed by atoms with Gasteiger partial charge >= 0.3 is 5.97 Å². The van der Waals surface area contributed by atoms with Crippen LogP contribution in [0.15, 0.2) is 24.3 Å². The molecule has 0 unspecified atom stereocenters. The average molecular weight is 279 g/mol. The van der Waals surface area contributed by atoms with Crippen LogP contribution in [0.4, 0.5) is 0 Å². The molecule has 0 bridgehead atoms. The number of carbonyl (C=O) groups excluding carboxylic acids is 2. The molecule has 0 spiro atoms. The summed E-state index contributed by atoms with van der Waals surface area (Å²) in [4.78, 5) is 25.3. The molecule has 5 heteroatoms. The summed E-state index contributed by atoms with van der Waals surface area (Å²) in [7, 11) is 2.92. The maximum atomic E-state index is 12.4. The number of esters is 1. The number of methoxy groups -OCH3 is 2. The van der Waals surface area contributed by atoms with E-state index in [9.17, 15) is 9.59 Å². The standard InChI is InChI=1S/C15H21NO4/c1-4-8-16(10-14(17)20-3)15(18)13-7-5-6-12(9-13)11-19-2/h5-7,9H,4,8,10-11H2,1-3H3. The molecule has 1 aromatic carbocycles. The number of carbonyl (C=O) groups is 2. The van der Waals surface area contributed by atoms with Crippen molar-refractivity contribution in [2.75, 3.05) is 27.3 Å². The lowest BCUT2D eigenvalue weighted by Crippen LogP contribution is -2.36. The first-order valence-electron chi connectivity index (χ1n) is 6.56. The van der Waals surface area contributed by atoms with Gasteiger partial charge in [-0.2, -0.15) is 0 Å². The highest BCUT2D eigenvalue weighted by Crippen LogP contribution is 2.10. The van der Waals surface area contributed by atoms with E-state index in [4.69, 9.17) is 4.74 Å². The summed E-state index contributed by atoms with van der Waals surface area (Å²) in [5, 5.41) is 0. The van der Waals surface area contributed by atoms with Gasteiger partial charge in [0.2, 0.25) is 0 Å². The Morgan fingerprint density at radius 1 is 1.25 bits per heavy atom. The van der Waals surface area contributed by atoms with Crippen molar-refractivity contribution < 1.29 is 19.1 Å². The van der Waals surface area contributed by atoms with Crippen molar-refractivity contribution in [3.63, 3.8) is 0 Å². The number of benzene rings is 1. The molecule has 0 heterocycles. The van der Waals surface area contributed by atoms with Crippen LogP contribution >= 0.6 is 0 Å². The number of ether oxygens (including phenoxy) is 2. The fourth-order valence-corrected chi connectivity index (χ4v) is 1.89. The van der Waals surface area contributed by atoms with Crippen molar-refractivity contribution in [1.82, 2.24) is 4.90 Å². The van der Waals surface area contributed by atoms with Crippen LogP contribution < -0.4 is 0 Å². The van der Waals surface area contributed by atoms with Crippen molar-refractivity contribution >= 4 is 11.9 Å². The van der Waals surface area contributed by atoms with Crippen LogP contribution in [0.5, 0.6) is 0 Å². The predicted molar refractivity (Wildman–Crippen MR) is 75.4 cm³/mol. The number of amides is 1. The molecule has 0 radical (unpaired) electrons. The fraction of sp³-hybridized carbons (Fsp3) is 0.467. The number of nitrogens with zero attached hydrogens (tertiary/aromatic N) is 1. The zero-order valence-electron chi connectivity index (χ0n) is 12.2. The van der Waals surface area contributed by atoms with Crippen LogP contribution in [-0.4, -0.2) is 44.1 Å². The molecule has 0 aliphatic carbocycles. The summed E-state index contributed by atoms with van der Waals surface area (Å²) in [6.45, 7) is 2.89. The van der Waals surface area contributed by atoms with Crippen molar-refractivity contribution in [1.29, 1.82) is 0 Å². The maximum Gasteiger partial charge on any atom is 0.325 e. The van der Waals surface area contributed by atoms with Crippen molar-refractivity contribution in [3.8, 4) is 0 Å².